The maximum Gasteiger partial charge on any atom is 0.254 e. The lowest BCUT2D eigenvalue weighted by molar-refractivity contribution is -0.124. The third-order valence-corrected chi connectivity index (χ3v) is 7.22. The molecule has 8 heteroatoms. The molecule has 1 aromatic heterocycles. The van der Waals surface area contributed by atoms with Gasteiger partial charge in [-0.3, -0.25) is 9.59 Å². The fourth-order valence-electron chi connectivity index (χ4n) is 4.58. The molecule has 0 spiro atoms. The van der Waals surface area contributed by atoms with Crippen molar-refractivity contribution in [1.29, 1.82) is 0 Å². The Bertz CT molecular complexity index is 1160. The van der Waals surface area contributed by atoms with Crippen LogP contribution in [0.1, 0.15) is 38.3 Å². The molecule has 3 aromatic rings. The lowest BCUT2D eigenvalue weighted by Gasteiger charge is -2.41. The van der Waals surface area contributed by atoms with Crippen molar-refractivity contribution in [2.24, 2.45) is 0 Å². The number of nitrogens with zero attached hydrogens (tertiary/aromatic N) is 1. The van der Waals surface area contributed by atoms with Crippen LogP contribution in [0.5, 0.6) is 11.5 Å². The van der Waals surface area contributed by atoms with Crippen molar-refractivity contribution in [3.63, 3.8) is 0 Å². The molecule has 35 heavy (non-hydrogen) atoms. The van der Waals surface area contributed by atoms with Gasteiger partial charge in [-0.15, -0.1) is 11.3 Å². The normalized spacial score (nSPS) is 17.1. The Kier molecular flexibility index (Phi) is 8.05. The third kappa shape index (κ3) is 5.18. The Balaban J connectivity index is 1.61. The molecule has 0 bridgehead atoms. The van der Waals surface area contributed by atoms with Gasteiger partial charge in [-0.05, 0) is 41.1 Å². The van der Waals surface area contributed by atoms with Crippen molar-refractivity contribution in [2.45, 2.75) is 18.4 Å². The highest BCUT2D eigenvalue weighted by molar-refractivity contribution is 7.10. The van der Waals surface area contributed by atoms with Crippen molar-refractivity contribution in [1.82, 2.24) is 10.2 Å². The Morgan fingerprint density at radius 1 is 1.06 bits per heavy atom. The summed E-state index contributed by atoms with van der Waals surface area (Å²) >= 11 is 1.55. The smallest absolute Gasteiger partial charge is 0.254 e. The van der Waals surface area contributed by atoms with Gasteiger partial charge in [0.2, 0.25) is 5.91 Å². The van der Waals surface area contributed by atoms with Gasteiger partial charge in [-0.2, -0.15) is 0 Å². The van der Waals surface area contributed by atoms with Crippen LogP contribution < -0.4 is 14.8 Å². The van der Waals surface area contributed by atoms with E-state index in [4.69, 9.17) is 14.2 Å². The average Bonchev–Trinajstić information content (AvgIpc) is 3.42. The highest BCUT2D eigenvalue weighted by Gasteiger charge is 2.44. The topological polar surface area (TPSA) is 77.1 Å². The van der Waals surface area contributed by atoms with Crippen LogP contribution in [0, 0.1) is 0 Å². The number of methoxy groups -OCH3 is 3. The van der Waals surface area contributed by atoms with Crippen molar-refractivity contribution in [2.75, 3.05) is 41.0 Å². The fraction of sp³-hybridized carbons (Fsp3) is 0.333. The summed E-state index contributed by atoms with van der Waals surface area (Å²) in [6, 6.07) is 16.6. The molecule has 2 amide bonds. The summed E-state index contributed by atoms with van der Waals surface area (Å²) in [6.45, 7) is 1.23. The van der Waals surface area contributed by atoms with Gasteiger partial charge in [0.15, 0.2) is 0 Å². The molecule has 1 aliphatic heterocycles. The van der Waals surface area contributed by atoms with Gasteiger partial charge in [0.05, 0.1) is 32.8 Å². The number of thiophene rings is 1. The quantitative estimate of drug-likeness (QED) is 0.460. The van der Waals surface area contributed by atoms with Crippen molar-refractivity contribution in [3.8, 4) is 11.5 Å². The monoisotopic (exact) mass is 494 g/mol. The lowest BCUT2D eigenvalue weighted by atomic mass is 9.81. The molecule has 2 heterocycles. The summed E-state index contributed by atoms with van der Waals surface area (Å²) in [7, 11) is 4.84. The van der Waals surface area contributed by atoms with Gasteiger partial charge in [-0.25, -0.2) is 0 Å². The van der Waals surface area contributed by atoms with Crippen LogP contribution in [-0.2, 0) is 16.0 Å². The highest BCUT2D eigenvalue weighted by Crippen LogP contribution is 2.44. The van der Waals surface area contributed by atoms with Crippen LogP contribution in [0.15, 0.2) is 60.0 Å². The number of hydrogen-bond acceptors (Lipinski definition) is 6. The molecule has 0 saturated carbocycles. The summed E-state index contributed by atoms with van der Waals surface area (Å²) in [5.74, 6) is 0.709. The second kappa shape index (κ2) is 11.4. The first kappa shape index (κ1) is 24.8. The first-order chi connectivity index (χ1) is 17.1. The van der Waals surface area contributed by atoms with Crippen LogP contribution >= 0.6 is 11.3 Å². The Morgan fingerprint density at radius 2 is 1.89 bits per heavy atom. The lowest BCUT2D eigenvalue weighted by Crippen LogP contribution is -2.48. The summed E-state index contributed by atoms with van der Waals surface area (Å²) < 4.78 is 16.0. The first-order valence-corrected chi connectivity index (χ1v) is 12.4. The van der Waals surface area contributed by atoms with Crippen LogP contribution in [0.2, 0.25) is 0 Å². The van der Waals surface area contributed by atoms with Crippen LogP contribution in [0.3, 0.4) is 0 Å². The van der Waals surface area contributed by atoms with E-state index in [0.29, 0.717) is 37.4 Å². The molecule has 7 nitrogen and oxygen atoms in total. The summed E-state index contributed by atoms with van der Waals surface area (Å²) in [4.78, 5) is 29.9. The molecule has 0 aliphatic carbocycles. The number of hydrogen-bond donors (Lipinski definition) is 1. The SMILES string of the molecule is COCCN1C(=O)c2ccccc2[C@H](C(=O)NCCc2ccc(OC)cc2OC)[C@@H]1c1cccs1. The van der Waals surface area contributed by atoms with Gasteiger partial charge in [0.25, 0.3) is 5.91 Å². The standard InChI is InChI=1S/C27H30N2O5S/c1-32-15-14-29-25(23-9-6-16-35-23)24(20-7-4-5-8-21(20)27(29)31)26(30)28-13-12-18-10-11-19(33-2)17-22(18)34-3/h4-11,16-17,24-25H,12-15H2,1-3H3,(H,28,30)/t24-,25-/m0/s1. The van der Waals surface area contributed by atoms with E-state index in [-0.39, 0.29) is 11.8 Å². The number of rotatable bonds is 10. The number of fused-ring (bicyclic) bond motifs is 1. The zero-order valence-corrected chi connectivity index (χ0v) is 21.0. The van der Waals surface area contributed by atoms with Crippen LogP contribution in [-0.4, -0.2) is 57.7 Å². The Morgan fingerprint density at radius 3 is 2.60 bits per heavy atom. The predicted molar refractivity (Wildman–Crippen MR) is 135 cm³/mol. The van der Waals surface area contributed by atoms with Crippen molar-refractivity contribution < 1.29 is 23.8 Å². The van der Waals surface area contributed by atoms with Crippen LogP contribution in [0.25, 0.3) is 0 Å². The molecule has 0 unspecified atom stereocenters. The first-order valence-electron chi connectivity index (χ1n) is 11.5. The molecular formula is C27H30N2O5S. The maximum absolute atomic E-state index is 13.7. The number of ether oxygens (including phenoxy) is 3. The van der Waals surface area contributed by atoms with E-state index in [0.717, 1.165) is 21.8 Å². The zero-order chi connectivity index (χ0) is 24.8. The molecule has 184 valence electrons. The second-order valence-electron chi connectivity index (χ2n) is 8.24. The third-order valence-electron chi connectivity index (χ3n) is 6.28. The van der Waals surface area contributed by atoms with Gasteiger partial charge in [-0.1, -0.05) is 30.3 Å². The minimum atomic E-state index is -0.530. The molecule has 1 aliphatic rings. The number of carbonyl (C=O) groups excluding carboxylic acids is 2. The fourth-order valence-corrected chi connectivity index (χ4v) is 5.45. The second-order valence-corrected chi connectivity index (χ2v) is 9.21. The number of carbonyl (C=O) groups is 2. The number of nitrogens with one attached hydrogen (secondary N) is 1. The summed E-state index contributed by atoms with van der Waals surface area (Å²) in [6.07, 6.45) is 0.600. The average molecular weight is 495 g/mol. The van der Waals surface area contributed by atoms with E-state index in [2.05, 4.69) is 5.32 Å². The van der Waals surface area contributed by atoms with E-state index < -0.39 is 12.0 Å². The molecule has 4 rings (SSSR count). The zero-order valence-electron chi connectivity index (χ0n) is 20.2. The minimum absolute atomic E-state index is 0.0805. The van der Waals surface area contributed by atoms with Gasteiger partial charge in [0.1, 0.15) is 11.5 Å². The molecule has 1 N–H and O–H groups in total. The maximum atomic E-state index is 13.7. The van der Waals surface area contributed by atoms with Crippen molar-refractivity contribution >= 4 is 23.2 Å². The Labute approximate surface area is 209 Å². The summed E-state index contributed by atoms with van der Waals surface area (Å²) in [5, 5.41) is 5.09. The molecule has 0 saturated heterocycles. The van der Waals surface area contributed by atoms with E-state index in [1.54, 1.807) is 43.6 Å². The van der Waals surface area contributed by atoms with Gasteiger partial charge in [0, 0.05) is 36.7 Å². The van der Waals surface area contributed by atoms with E-state index >= 15 is 0 Å². The molecule has 2 atom stereocenters. The summed E-state index contributed by atoms with van der Waals surface area (Å²) in [5.41, 5.74) is 2.29. The van der Waals surface area contributed by atoms with Crippen LogP contribution in [0.4, 0.5) is 0 Å². The van der Waals surface area contributed by atoms with Crippen molar-refractivity contribution in [3.05, 3.63) is 81.5 Å². The van der Waals surface area contributed by atoms with Gasteiger partial charge < -0.3 is 24.4 Å². The van der Waals surface area contributed by atoms with E-state index in [1.165, 1.54) is 0 Å². The molecule has 2 aromatic carbocycles. The molecular weight excluding hydrogens is 464 g/mol. The van der Waals surface area contributed by atoms with E-state index in [9.17, 15) is 9.59 Å². The largest absolute Gasteiger partial charge is 0.497 e. The minimum Gasteiger partial charge on any atom is -0.497 e. The van der Waals surface area contributed by atoms with E-state index in [1.807, 2.05) is 53.9 Å². The number of benzene rings is 2. The Hall–Kier alpha value is -3.36. The highest BCUT2D eigenvalue weighted by atomic mass is 32.1. The predicted octanol–water partition coefficient (Wildman–Crippen LogP) is 4.05. The molecule has 0 fully saturated rings. The number of amides is 2. The van der Waals surface area contributed by atoms with Gasteiger partial charge >= 0.3 is 0 Å². The molecule has 0 radical (unpaired) electrons.